The van der Waals surface area contributed by atoms with Gasteiger partial charge in [0.05, 0.1) is 22.0 Å². The van der Waals surface area contributed by atoms with Gasteiger partial charge in [0.1, 0.15) is 0 Å². The van der Waals surface area contributed by atoms with E-state index >= 15 is 0 Å². The van der Waals surface area contributed by atoms with E-state index in [1.165, 1.54) is 0 Å². The van der Waals surface area contributed by atoms with Crippen LogP contribution in [0.1, 0.15) is 16.8 Å². The number of carbonyl (C=O) groups is 2. The lowest BCUT2D eigenvalue weighted by Crippen LogP contribution is -2.12. The lowest BCUT2D eigenvalue weighted by molar-refractivity contribution is -0.136. The highest BCUT2D eigenvalue weighted by atomic mass is 35.5. The lowest BCUT2D eigenvalue weighted by Gasteiger charge is -2.05. The molecule has 10 heteroatoms. The standard InChI is InChI=1S/C12H10Cl2N4O3S/c13-6-2-1-3-7(14)9(6)10(21)16-12-18-17-11(22-12)15-5-4-8(19)20/h1-3H,4-5H2,(H,15,17)(H,19,20)(H,16,18,21). The van der Waals surface area contributed by atoms with Crippen molar-refractivity contribution in [3.05, 3.63) is 33.8 Å². The normalized spacial score (nSPS) is 10.3. The first kappa shape index (κ1) is 16.5. The fraction of sp³-hybridized carbons (Fsp3) is 0.167. The van der Waals surface area contributed by atoms with E-state index in [1.807, 2.05) is 0 Å². The van der Waals surface area contributed by atoms with Crippen molar-refractivity contribution in [2.45, 2.75) is 6.42 Å². The number of anilines is 2. The Bertz CT molecular complexity index is 687. The van der Waals surface area contributed by atoms with Crippen molar-refractivity contribution in [2.75, 3.05) is 17.2 Å². The molecule has 0 aliphatic rings. The molecule has 0 saturated heterocycles. The molecule has 116 valence electrons. The van der Waals surface area contributed by atoms with Crippen LogP contribution in [0.2, 0.25) is 10.0 Å². The minimum atomic E-state index is -0.918. The number of carboxylic acids is 1. The second-order valence-electron chi connectivity index (χ2n) is 4.03. The van der Waals surface area contributed by atoms with Crippen molar-refractivity contribution in [2.24, 2.45) is 0 Å². The Morgan fingerprint density at radius 3 is 2.45 bits per heavy atom. The van der Waals surface area contributed by atoms with Crippen molar-refractivity contribution in [1.82, 2.24) is 10.2 Å². The summed E-state index contributed by atoms with van der Waals surface area (Å²) in [5.41, 5.74) is 0.154. The van der Waals surface area contributed by atoms with E-state index in [0.29, 0.717) is 5.13 Å². The van der Waals surface area contributed by atoms with Crippen molar-refractivity contribution in [3.8, 4) is 0 Å². The van der Waals surface area contributed by atoms with Crippen molar-refractivity contribution in [3.63, 3.8) is 0 Å². The number of hydrogen-bond acceptors (Lipinski definition) is 6. The van der Waals surface area contributed by atoms with Gasteiger partial charge in [0, 0.05) is 6.54 Å². The first-order valence-corrected chi connectivity index (χ1v) is 7.59. The van der Waals surface area contributed by atoms with Crippen LogP contribution in [0.5, 0.6) is 0 Å². The molecule has 0 bridgehead atoms. The highest BCUT2D eigenvalue weighted by Gasteiger charge is 2.16. The van der Waals surface area contributed by atoms with Crippen molar-refractivity contribution in [1.29, 1.82) is 0 Å². The van der Waals surface area contributed by atoms with Gasteiger partial charge in [0.15, 0.2) is 0 Å². The molecule has 0 aliphatic heterocycles. The second kappa shape index (κ2) is 7.39. The number of amides is 1. The Morgan fingerprint density at radius 2 is 1.82 bits per heavy atom. The number of rotatable bonds is 6. The summed E-state index contributed by atoms with van der Waals surface area (Å²) in [5, 5.41) is 22.6. The van der Waals surface area contributed by atoms with Gasteiger partial charge in [-0.15, -0.1) is 10.2 Å². The van der Waals surface area contributed by atoms with Crippen LogP contribution in [0, 0.1) is 0 Å². The Kier molecular flexibility index (Phi) is 5.53. The second-order valence-corrected chi connectivity index (χ2v) is 5.83. The zero-order valence-electron chi connectivity index (χ0n) is 11.0. The number of carboxylic acid groups (broad SMARTS) is 1. The molecule has 0 spiro atoms. The maximum Gasteiger partial charge on any atom is 0.305 e. The molecule has 1 amide bonds. The van der Waals surface area contributed by atoms with Crippen LogP contribution >= 0.6 is 34.5 Å². The molecule has 1 aromatic carbocycles. The van der Waals surface area contributed by atoms with E-state index in [0.717, 1.165) is 11.3 Å². The first-order chi connectivity index (χ1) is 10.5. The smallest absolute Gasteiger partial charge is 0.305 e. The van der Waals surface area contributed by atoms with Crippen LogP contribution in [-0.2, 0) is 4.79 Å². The lowest BCUT2D eigenvalue weighted by atomic mass is 10.2. The summed E-state index contributed by atoms with van der Waals surface area (Å²) >= 11 is 13.0. The summed E-state index contributed by atoms with van der Waals surface area (Å²) in [6.45, 7) is 0.217. The van der Waals surface area contributed by atoms with E-state index in [2.05, 4.69) is 20.8 Å². The quantitative estimate of drug-likeness (QED) is 0.731. The largest absolute Gasteiger partial charge is 0.481 e. The van der Waals surface area contributed by atoms with E-state index in [-0.39, 0.29) is 33.7 Å². The number of aromatic nitrogens is 2. The summed E-state index contributed by atoms with van der Waals surface area (Å²) in [6, 6.07) is 4.75. The number of nitrogens with one attached hydrogen (secondary N) is 2. The van der Waals surface area contributed by atoms with Gasteiger partial charge in [0.25, 0.3) is 5.91 Å². The molecule has 22 heavy (non-hydrogen) atoms. The summed E-state index contributed by atoms with van der Waals surface area (Å²) in [7, 11) is 0. The van der Waals surface area contributed by atoms with Crippen LogP contribution in [0.3, 0.4) is 0 Å². The molecule has 0 unspecified atom stereocenters. The molecule has 1 heterocycles. The molecule has 7 nitrogen and oxygen atoms in total. The Balaban J connectivity index is 2.01. The summed E-state index contributed by atoms with van der Waals surface area (Å²) in [4.78, 5) is 22.5. The van der Waals surface area contributed by atoms with Gasteiger partial charge in [-0.1, -0.05) is 40.6 Å². The molecule has 0 atom stereocenters. The highest BCUT2D eigenvalue weighted by Crippen LogP contribution is 2.26. The summed E-state index contributed by atoms with van der Waals surface area (Å²) in [5.74, 6) is -1.41. The van der Waals surface area contributed by atoms with Gasteiger partial charge in [-0.05, 0) is 12.1 Å². The van der Waals surface area contributed by atoms with Crippen LogP contribution in [0.25, 0.3) is 0 Å². The Morgan fingerprint density at radius 1 is 1.18 bits per heavy atom. The molecule has 0 aliphatic carbocycles. The van der Waals surface area contributed by atoms with Crippen molar-refractivity contribution >= 4 is 56.7 Å². The highest BCUT2D eigenvalue weighted by molar-refractivity contribution is 7.19. The van der Waals surface area contributed by atoms with E-state index in [1.54, 1.807) is 18.2 Å². The summed E-state index contributed by atoms with van der Waals surface area (Å²) < 4.78 is 0. The number of carbonyl (C=O) groups excluding carboxylic acids is 1. The number of aliphatic carboxylic acids is 1. The molecule has 2 rings (SSSR count). The van der Waals surface area contributed by atoms with Gasteiger partial charge < -0.3 is 10.4 Å². The number of halogens is 2. The van der Waals surface area contributed by atoms with Gasteiger partial charge in [-0.25, -0.2) is 0 Å². The van der Waals surface area contributed by atoms with E-state index < -0.39 is 11.9 Å². The number of nitrogens with zero attached hydrogens (tertiary/aromatic N) is 2. The fourth-order valence-corrected chi connectivity index (χ4v) is 2.73. The molecular formula is C12H10Cl2N4O3S. The maximum atomic E-state index is 12.1. The average Bonchev–Trinajstić information content (AvgIpc) is 2.85. The van der Waals surface area contributed by atoms with E-state index in [9.17, 15) is 9.59 Å². The fourth-order valence-electron chi connectivity index (χ4n) is 1.50. The SMILES string of the molecule is O=C(O)CCNc1nnc(NC(=O)c2c(Cl)cccc2Cl)s1. The molecule has 0 saturated carbocycles. The third-order valence-corrected chi connectivity index (χ3v) is 3.88. The summed E-state index contributed by atoms with van der Waals surface area (Å²) in [6.07, 6.45) is -0.0451. The monoisotopic (exact) mass is 360 g/mol. The minimum absolute atomic E-state index is 0.0451. The van der Waals surface area contributed by atoms with Gasteiger partial charge >= 0.3 is 5.97 Å². The third kappa shape index (κ3) is 4.30. The zero-order valence-corrected chi connectivity index (χ0v) is 13.3. The van der Waals surface area contributed by atoms with Crippen LogP contribution in [0.4, 0.5) is 10.3 Å². The van der Waals surface area contributed by atoms with Crippen LogP contribution < -0.4 is 10.6 Å². The minimum Gasteiger partial charge on any atom is -0.481 e. The molecule has 0 radical (unpaired) electrons. The van der Waals surface area contributed by atoms with Gasteiger partial charge in [-0.3, -0.25) is 14.9 Å². The van der Waals surface area contributed by atoms with Gasteiger partial charge in [0.2, 0.25) is 10.3 Å². The first-order valence-electron chi connectivity index (χ1n) is 6.02. The molecule has 3 N–H and O–H groups in total. The van der Waals surface area contributed by atoms with Crippen LogP contribution in [0.15, 0.2) is 18.2 Å². The third-order valence-electron chi connectivity index (χ3n) is 2.45. The Labute approximate surface area is 139 Å². The van der Waals surface area contributed by atoms with Crippen LogP contribution in [-0.4, -0.2) is 33.7 Å². The van der Waals surface area contributed by atoms with Gasteiger partial charge in [-0.2, -0.15) is 0 Å². The number of hydrogen-bond donors (Lipinski definition) is 3. The van der Waals surface area contributed by atoms with Crippen molar-refractivity contribution < 1.29 is 14.7 Å². The molecule has 1 aromatic heterocycles. The Hall–Kier alpha value is -1.90. The predicted octanol–water partition coefficient (Wildman–Crippen LogP) is 2.98. The molecule has 2 aromatic rings. The molecule has 0 fully saturated rings. The molecular weight excluding hydrogens is 351 g/mol. The van der Waals surface area contributed by atoms with E-state index in [4.69, 9.17) is 28.3 Å². The average molecular weight is 361 g/mol. The zero-order chi connectivity index (χ0) is 16.1. The number of benzene rings is 1. The topological polar surface area (TPSA) is 104 Å². The predicted molar refractivity (Wildman–Crippen MR) is 85.1 cm³/mol. The maximum absolute atomic E-state index is 12.1.